The smallest absolute Gasteiger partial charge is 0.251 e. The summed E-state index contributed by atoms with van der Waals surface area (Å²) >= 11 is 0. The Bertz CT molecular complexity index is 996. The van der Waals surface area contributed by atoms with Gasteiger partial charge in [-0.05, 0) is 48.2 Å². The maximum Gasteiger partial charge on any atom is 0.251 e. The third-order valence-electron chi connectivity index (χ3n) is 5.15. The molecule has 6 nitrogen and oxygen atoms in total. The zero-order chi connectivity index (χ0) is 20.8. The Morgan fingerprint density at radius 2 is 1.57 bits per heavy atom. The first-order chi connectivity index (χ1) is 14.7. The summed E-state index contributed by atoms with van der Waals surface area (Å²) in [5.74, 6) is -0.128. The Balaban J connectivity index is 1.27. The molecule has 1 aromatic heterocycles. The van der Waals surface area contributed by atoms with Gasteiger partial charge in [0, 0.05) is 18.7 Å². The first kappa shape index (κ1) is 19.6. The number of carbonyl (C=O) groups excluding carboxylic acids is 2. The molecular weight excluding hydrogens is 376 g/mol. The van der Waals surface area contributed by atoms with Gasteiger partial charge in [-0.25, -0.2) is 4.98 Å². The van der Waals surface area contributed by atoms with Crippen molar-refractivity contribution in [3.05, 3.63) is 78.5 Å². The molecule has 3 aromatic rings. The Kier molecular flexibility index (Phi) is 6.03. The summed E-state index contributed by atoms with van der Waals surface area (Å²) in [7, 11) is 0. The van der Waals surface area contributed by atoms with Gasteiger partial charge in [0.25, 0.3) is 5.91 Å². The topological polar surface area (TPSA) is 74.3 Å². The minimum Gasteiger partial charge on any atom is -0.370 e. The molecule has 6 heteroatoms. The van der Waals surface area contributed by atoms with Crippen LogP contribution in [0.2, 0.25) is 0 Å². The highest BCUT2D eigenvalue weighted by molar-refractivity contribution is 5.99. The molecule has 1 fully saturated rings. The number of benzene rings is 2. The number of anilines is 2. The SMILES string of the molecule is O=C(CNC(=O)c1ccc(-c2ccccc2)cc1)Nc1ccc(N2CCCC2)cn1. The van der Waals surface area contributed by atoms with E-state index in [0.717, 1.165) is 29.9 Å². The summed E-state index contributed by atoms with van der Waals surface area (Å²) in [5, 5.41) is 5.36. The van der Waals surface area contributed by atoms with Crippen molar-refractivity contribution < 1.29 is 9.59 Å². The van der Waals surface area contributed by atoms with Gasteiger partial charge in [-0.15, -0.1) is 0 Å². The van der Waals surface area contributed by atoms with Gasteiger partial charge in [0.1, 0.15) is 5.82 Å². The monoisotopic (exact) mass is 400 g/mol. The van der Waals surface area contributed by atoms with E-state index in [2.05, 4.69) is 20.5 Å². The van der Waals surface area contributed by atoms with Crippen LogP contribution in [0.1, 0.15) is 23.2 Å². The molecule has 0 radical (unpaired) electrons. The number of pyridine rings is 1. The van der Waals surface area contributed by atoms with E-state index in [0.29, 0.717) is 11.4 Å². The molecule has 2 N–H and O–H groups in total. The minimum absolute atomic E-state index is 0.116. The van der Waals surface area contributed by atoms with E-state index in [4.69, 9.17) is 0 Å². The van der Waals surface area contributed by atoms with Crippen LogP contribution in [0, 0.1) is 0 Å². The highest BCUT2D eigenvalue weighted by Crippen LogP contribution is 2.20. The van der Waals surface area contributed by atoms with E-state index in [1.165, 1.54) is 12.8 Å². The zero-order valence-electron chi connectivity index (χ0n) is 16.7. The number of amides is 2. The second-order valence-corrected chi connectivity index (χ2v) is 7.27. The third kappa shape index (κ3) is 4.84. The maximum atomic E-state index is 12.3. The molecule has 0 bridgehead atoms. The van der Waals surface area contributed by atoms with E-state index < -0.39 is 0 Å². The molecule has 0 unspecified atom stereocenters. The molecular formula is C24H24N4O2. The predicted octanol–water partition coefficient (Wildman–Crippen LogP) is 3.72. The van der Waals surface area contributed by atoms with Crippen LogP contribution in [-0.2, 0) is 4.79 Å². The lowest BCUT2D eigenvalue weighted by molar-refractivity contribution is -0.115. The van der Waals surface area contributed by atoms with Gasteiger partial charge in [0.05, 0.1) is 18.4 Å². The van der Waals surface area contributed by atoms with Gasteiger partial charge in [0.15, 0.2) is 0 Å². The molecule has 0 saturated carbocycles. The normalized spacial score (nSPS) is 13.1. The summed E-state index contributed by atoms with van der Waals surface area (Å²) < 4.78 is 0. The second-order valence-electron chi connectivity index (χ2n) is 7.27. The number of nitrogens with one attached hydrogen (secondary N) is 2. The third-order valence-corrected chi connectivity index (χ3v) is 5.15. The summed E-state index contributed by atoms with van der Waals surface area (Å²) in [6.45, 7) is 1.98. The van der Waals surface area contributed by atoms with E-state index in [1.807, 2.05) is 48.5 Å². The predicted molar refractivity (Wildman–Crippen MR) is 119 cm³/mol. The van der Waals surface area contributed by atoms with Crippen LogP contribution in [0.25, 0.3) is 11.1 Å². The highest BCUT2D eigenvalue weighted by Gasteiger charge is 2.13. The first-order valence-electron chi connectivity index (χ1n) is 10.1. The van der Waals surface area contributed by atoms with Crippen molar-refractivity contribution in [1.82, 2.24) is 10.3 Å². The van der Waals surface area contributed by atoms with Gasteiger partial charge < -0.3 is 15.5 Å². The fourth-order valence-corrected chi connectivity index (χ4v) is 3.52. The van der Waals surface area contributed by atoms with Gasteiger partial charge in [-0.1, -0.05) is 42.5 Å². The second kappa shape index (κ2) is 9.22. The summed E-state index contributed by atoms with van der Waals surface area (Å²) in [4.78, 5) is 31.1. The zero-order valence-corrected chi connectivity index (χ0v) is 16.7. The minimum atomic E-state index is -0.314. The van der Waals surface area contributed by atoms with Crippen molar-refractivity contribution in [2.24, 2.45) is 0 Å². The van der Waals surface area contributed by atoms with Crippen LogP contribution < -0.4 is 15.5 Å². The standard InChI is InChI=1S/C24H24N4O2/c29-23(27-22-13-12-21(16-25-22)28-14-4-5-15-28)17-26-24(30)20-10-8-19(9-11-20)18-6-2-1-3-7-18/h1-3,6-13,16H,4-5,14-15,17H2,(H,26,30)(H,25,27,29). The van der Waals surface area contributed by atoms with Crippen molar-refractivity contribution in [3.63, 3.8) is 0 Å². The van der Waals surface area contributed by atoms with Gasteiger partial charge in [0.2, 0.25) is 5.91 Å². The van der Waals surface area contributed by atoms with Crippen LogP contribution in [0.3, 0.4) is 0 Å². The largest absolute Gasteiger partial charge is 0.370 e. The van der Waals surface area contributed by atoms with Crippen molar-refractivity contribution in [2.45, 2.75) is 12.8 Å². The Morgan fingerprint density at radius 1 is 0.867 bits per heavy atom. The molecule has 1 aliphatic rings. The van der Waals surface area contributed by atoms with Crippen molar-refractivity contribution in [2.75, 3.05) is 29.9 Å². The first-order valence-corrected chi connectivity index (χ1v) is 10.1. The molecule has 0 spiro atoms. The highest BCUT2D eigenvalue weighted by atomic mass is 16.2. The Labute approximate surface area is 175 Å². The van der Waals surface area contributed by atoms with Crippen LogP contribution in [-0.4, -0.2) is 36.4 Å². The van der Waals surface area contributed by atoms with Crippen molar-refractivity contribution in [1.29, 1.82) is 0 Å². The average molecular weight is 400 g/mol. The van der Waals surface area contributed by atoms with Crippen LogP contribution >= 0.6 is 0 Å². The Hall–Kier alpha value is -3.67. The Morgan fingerprint density at radius 3 is 2.23 bits per heavy atom. The van der Waals surface area contributed by atoms with Crippen LogP contribution in [0.4, 0.5) is 11.5 Å². The molecule has 0 atom stereocenters. The van der Waals surface area contributed by atoms with Crippen LogP contribution in [0.5, 0.6) is 0 Å². The number of hydrogen-bond donors (Lipinski definition) is 2. The van der Waals surface area contributed by atoms with Crippen molar-refractivity contribution in [3.8, 4) is 11.1 Å². The number of rotatable bonds is 6. The number of nitrogens with zero attached hydrogens (tertiary/aromatic N) is 2. The molecule has 2 amide bonds. The summed E-state index contributed by atoms with van der Waals surface area (Å²) in [6, 6.07) is 21.0. The number of hydrogen-bond acceptors (Lipinski definition) is 4. The molecule has 1 saturated heterocycles. The maximum absolute atomic E-state index is 12.3. The van der Waals surface area contributed by atoms with Gasteiger partial charge >= 0.3 is 0 Å². The lowest BCUT2D eigenvalue weighted by Gasteiger charge is -2.17. The average Bonchev–Trinajstić information content (AvgIpc) is 3.34. The lowest BCUT2D eigenvalue weighted by atomic mass is 10.0. The van der Waals surface area contributed by atoms with Gasteiger partial charge in [-0.3, -0.25) is 9.59 Å². The number of aromatic nitrogens is 1. The fourth-order valence-electron chi connectivity index (χ4n) is 3.52. The molecule has 0 aliphatic carbocycles. The summed E-state index contributed by atoms with van der Waals surface area (Å²) in [6.07, 6.45) is 4.17. The van der Waals surface area contributed by atoms with Gasteiger partial charge in [-0.2, -0.15) is 0 Å². The molecule has 152 valence electrons. The van der Waals surface area contributed by atoms with Crippen molar-refractivity contribution >= 4 is 23.3 Å². The lowest BCUT2D eigenvalue weighted by Crippen LogP contribution is -2.33. The van der Waals surface area contributed by atoms with E-state index in [-0.39, 0.29) is 18.4 Å². The van der Waals surface area contributed by atoms with E-state index in [9.17, 15) is 9.59 Å². The molecule has 30 heavy (non-hydrogen) atoms. The molecule has 2 aromatic carbocycles. The number of carbonyl (C=O) groups is 2. The quantitative estimate of drug-likeness (QED) is 0.661. The summed E-state index contributed by atoms with van der Waals surface area (Å²) in [5.41, 5.74) is 3.70. The molecule has 1 aliphatic heterocycles. The van der Waals surface area contributed by atoms with E-state index >= 15 is 0 Å². The molecule has 4 rings (SSSR count). The molecule has 2 heterocycles. The van der Waals surface area contributed by atoms with E-state index in [1.54, 1.807) is 24.4 Å². The fraction of sp³-hybridized carbons (Fsp3) is 0.208. The van der Waals surface area contributed by atoms with Crippen LogP contribution in [0.15, 0.2) is 72.9 Å².